The molecule has 1 aliphatic heterocycles. The van der Waals surface area contributed by atoms with Crippen LogP contribution in [0.25, 0.3) is 0 Å². The number of furan rings is 1. The first-order chi connectivity index (χ1) is 8.75. The van der Waals surface area contributed by atoms with Crippen molar-refractivity contribution in [1.82, 2.24) is 15.5 Å². The molecule has 0 unspecified atom stereocenters. The number of piperazine rings is 1. The van der Waals surface area contributed by atoms with Crippen LogP contribution >= 0.6 is 28.3 Å². The summed E-state index contributed by atoms with van der Waals surface area (Å²) in [5.74, 6) is -0.0789. The molecule has 0 bridgehead atoms. The summed E-state index contributed by atoms with van der Waals surface area (Å²) in [7, 11) is 0. The van der Waals surface area contributed by atoms with Crippen LogP contribution in [-0.2, 0) is 0 Å². The van der Waals surface area contributed by atoms with Gasteiger partial charge in [0, 0.05) is 38.8 Å². The van der Waals surface area contributed by atoms with Crippen molar-refractivity contribution in [3.05, 3.63) is 22.6 Å². The first-order valence-electron chi connectivity index (χ1n) is 6.21. The number of amides is 1. The summed E-state index contributed by atoms with van der Waals surface area (Å²) in [4.78, 5) is 14.1. The van der Waals surface area contributed by atoms with Crippen LogP contribution in [0.1, 0.15) is 16.8 Å². The Bertz CT molecular complexity index is 394. The minimum atomic E-state index is -0.0789. The summed E-state index contributed by atoms with van der Waals surface area (Å²) in [5, 5.41) is 6.21. The van der Waals surface area contributed by atoms with E-state index in [1.165, 1.54) is 6.26 Å². The molecule has 1 saturated heterocycles. The lowest BCUT2D eigenvalue weighted by molar-refractivity contribution is 0.0950. The molecule has 2 rings (SSSR count). The third-order valence-corrected chi connectivity index (χ3v) is 3.39. The summed E-state index contributed by atoms with van der Waals surface area (Å²) < 4.78 is 5.61. The van der Waals surface area contributed by atoms with E-state index in [2.05, 4.69) is 31.5 Å². The number of rotatable bonds is 5. The highest BCUT2D eigenvalue weighted by Crippen LogP contribution is 2.13. The van der Waals surface area contributed by atoms with Crippen LogP contribution < -0.4 is 10.6 Å². The zero-order chi connectivity index (χ0) is 12.8. The first kappa shape index (κ1) is 16.5. The molecule has 0 spiro atoms. The number of carbonyl (C=O) groups excluding carboxylic acids is 1. The summed E-state index contributed by atoms with van der Waals surface area (Å²) in [5.41, 5.74) is 0.559. The van der Waals surface area contributed by atoms with Gasteiger partial charge in [-0.05, 0) is 28.9 Å². The molecule has 108 valence electrons. The van der Waals surface area contributed by atoms with E-state index in [4.69, 9.17) is 4.42 Å². The highest BCUT2D eigenvalue weighted by molar-refractivity contribution is 9.10. The lowest BCUT2D eigenvalue weighted by Crippen LogP contribution is -2.44. The molecular formula is C12H19BrClN3O2. The maximum absolute atomic E-state index is 11.7. The Hall–Kier alpha value is -0.560. The lowest BCUT2D eigenvalue weighted by Gasteiger charge is -2.27. The van der Waals surface area contributed by atoms with E-state index in [1.807, 2.05) is 0 Å². The van der Waals surface area contributed by atoms with Crippen LogP contribution in [0.5, 0.6) is 0 Å². The number of hydrogen-bond donors (Lipinski definition) is 2. The average molecular weight is 353 g/mol. The molecule has 0 saturated carbocycles. The molecule has 0 aliphatic carbocycles. The molecule has 7 heteroatoms. The number of nitrogens with zero attached hydrogens (tertiary/aromatic N) is 1. The molecule has 1 fully saturated rings. The molecule has 1 aromatic heterocycles. The van der Waals surface area contributed by atoms with Gasteiger partial charge in [-0.15, -0.1) is 12.4 Å². The third-order valence-electron chi connectivity index (χ3n) is 2.98. The van der Waals surface area contributed by atoms with Gasteiger partial charge in [0.2, 0.25) is 0 Å². The Balaban J connectivity index is 0.00000180. The van der Waals surface area contributed by atoms with Gasteiger partial charge in [-0.25, -0.2) is 0 Å². The fraction of sp³-hybridized carbons (Fsp3) is 0.583. The van der Waals surface area contributed by atoms with Crippen LogP contribution in [0.4, 0.5) is 0 Å². The molecule has 2 N–H and O–H groups in total. The Morgan fingerprint density at radius 2 is 2.21 bits per heavy atom. The van der Waals surface area contributed by atoms with Crippen molar-refractivity contribution in [3.8, 4) is 0 Å². The van der Waals surface area contributed by atoms with Crippen molar-refractivity contribution in [1.29, 1.82) is 0 Å². The van der Waals surface area contributed by atoms with E-state index < -0.39 is 0 Å². The van der Waals surface area contributed by atoms with E-state index in [0.717, 1.165) is 39.1 Å². The zero-order valence-corrected chi connectivity index (χ0v) is 13.1. The molecule has 1 aliphatic rings. The molecule has 5 nitrogen and oxygen atoms in total. The van der Waals surface area contributed by atoms with Crippen LogP contribution in [0.15, 0.2) is 21.4 Å². The van der Waals surface area contributed by atoms with Crippen LogP contribution in [0, 0.1) is 0 Å². The second-order valence-corrected chi connectivity index (χ2v) is 5.12. The molecular weight excluding hydrogens is 334 g/mol. The summed E-state index contributed by atoms with van der Waals surface area (Å²) >= 11 is 3.18. The second-order valence-electron chi connectivity index (χ2n) is 4.34. The van der Waals surface area contributed by atoms with Gasteiger partial charge in [-0.3, -0.25) is 4.79 Å². The maximum Gasteiger partial charge on any atom is 0.254 e. The Morgan fingerprint density at radius 1 is 1.47 bits per heavy atom. The summed E-state index contributed by atoms with van der Waals surface area (Å²) in [6, 6.07) is 1.67. The molecule has 0 aromatic carbocycles. The SMILES string of the molecule is Cl.O=C(NCCCN1CCNCC1)c1coc(Br)c1. The smallest absolute Gasteiger partial charge is 0.254 e. The van der Waals surface area contributed by atoms with Crippen molar-refractivity contribution in [3.63, 3.8) is 0 Å². The largest absolute Gasteiger partial charge is 0.457 e. The van der Waals surface area contributed by atoms with Crippen molar-refractivity contribution >= 4 is 34.2 Å². The standard InChI is InChI=1S/C12H18BrN3O2.ClH/c13-11-8-10(9-18-11)12(17)15-2-1-5-16-6-3-14-4-7-16;/h8-9,14H,1-7H2,(H,15,17);1H. The van der Waals surface area contributed by atoms with Gasteiger partial charge < -0.3 is 20.0 Å². The summed E-state index contributed by atoms with van der Waals surface area (Å²) in [6.07, 6.45) is 2.43. The Kier molecular flexibility index (Phi) is 7.45. The summed E-state index contributed by atoms with van der Waals surface area (Å²) in [6.45, 7) is 6.07. The molecule has 1 amide bonds. The molecule has 2 heterocycles. The Morgan fingerprint density at radius 3 is 2.84 bits per heavy atom. The minimum Gasteiger partial charge on any atom is -0.457 e. The van der Waals surface area contributed by atoms with Crippen LogP contribution in [-0.4, -0.2) is 50.1 Å². The average Bonchev–Trinajstić information content (AvgIpc) is 2.82. The Labute approximate surface area is 127 Å². The zero-order valence-electron chi connectivity index (χ0n) is 10.7. The van der Waals surface area contributed by atoms with Crippen LogP contribution in [0.2, 0.25) is 0 Å². The first-order valence-corrected chi connectivity index (χ1v) is 7.00. The number of hydrogen-bond acceptors (Lipinski definition) is 4. The minimum absolute atomic E-state index is 0. The predicted octanol–water partition coefficient (Wildman–Crippen LogP) is 1.49. The van der Waals surface area contributed by atoms with Gasteiger partial charge in [0.05, 0.1) is 5.56 Å². The molecule has 0 atom stereocenters. The molecule has 1 aromatic rings. The van der Waals surface area contributed by atoms with Gasteiger partial charge >= 0.3 is 0 Å². The van der Waals surface area contributed by atoms with E-state index >= 15 is 0 Å². The van der Waals surface area contributed by atoms with Gasteiger partial charge in [-0.2, -0.15) is 0 Å². The monoisotopic (exact) mass is 351 g/mol. The van der Waals surface area contributed by atoms with Crippen molar-refractivity contribution in [2.75, 3.05) is 39.3 Å². The topological polar surface area (TPSA) is 57.5 Å². The van der Waals surface area contributed by atoms with Gasteiger partial charge in [0.25, 0.3) is 5.91 Å². The van der Waals surface area contributed by atoms with Crippen LogP contribution in [0.3, 0.4) is 0 Å². The van der Waals surface area contributed by atoms with E-state index in [0.29, 0.717) is 16.8 Å². The highest BCUT2D eigenvalue weighted by atomic mass is 79.9. The molecule has 0 radical (unpaired) electrons. The quantitative estimate of drug-likeness (QED) is 0.788. The fourth-order valence-corrected chi connectivity index (χ4v) is 2.31. The lowest BCUT2D eigenvalue weighted by atomic mass is 10.3. The normalized spacial score (nSPS) is 15.8. The van der Waals surface area contributed by atoms with Crippen molar-refractivity contribution < 1.29 is 9.21 Å². The fourth-order valence-electron chi connectivity index (χ4n) is 1.97. The van der Waals surface area contributed by atoms with Gasteiger partial charge in [-0.1, -0.05) is 0 Å². The predicted molar refractivity (Wildman–Crippen MR) is 79.9 cm³/mol. The number of nitrogens with one attached hydrogen (secondary N) is 2. The van der Waals surface area contributed by atoms with E-state index in [1.54, 1.807) is 6.07 Å². The number of carbonyl (C=O) groups is 1. The maximum atomic E-state index is 11.7. The third kappa shape index (κ3) is 5.52. The second kappa shape index (κ2) is 8.58. The van der Waals surface area contributed by atoms with Crippen molar-refractivity contribution in [2.45, 2.75) is 6.42 Å². The van der Waals surface area contributed by atoms with E-state index in [-0.39, 0.29) is 18.3 Å². The van der Waals surface area contributed by atoms with E-state index in [9.17, 15) is 4.79 Å². The van der Waals surface area contributed by atoms with Crippen molar-refractivity contribution in [2.24, 2.45) is 0 Å². The van der Waals surface area contributed by atoms with Gasteiger partial charge in [0.1, 0.15) is 6.26 Å². The van der Waals surface area contributed by atoms with Gasteiger partial charge in [0.15, 0.2) is 4.67 Å². The molecule has 19 heavy (non-hydrogen) atoms. The highest BCUT2D eigenvalue weighted by Gasteiger charge is 2.10. The number of halogens is 2.